The van der Waals surface area contributed by atoms with Gasteiger partial charge in [0.1, 0.15) is 6.73 Å². The van der Waals surface area contributed by atoms with Crippen LogP contribution in [0.2, 0.25) is 0 Å². The molecule has 0 bridgehead atoms. The maximum absolute atomic E-state index is 11.1. The normalized spacial score (nSPS) is 35.1. The summed E-state index contributed by atoms with van der Waals surface area (Å²) in [5.41, 5.74) is 0. The molecule has 66 valence electrons. The smallest absolute Gasteiger partial charge is 0.159 e. The molecule has 0 spiro atoms. The quantitative estimate of drug-likeness (QED) is 0.537. The van der Waals surface area contributed by atoms with E-state index in [0.717, 1.165) is 6.42 Å². The highest BCUT2D eigenvalue weighted by Crippen LogP contribution is 2.22. The predicted octanol–water partition coefficient (Wildman–Crippen LogP) is 0.910. The highest BCUT2D eigenvalue weighted by atomic mass is 16.5. The highest BCUT2D eigenvalue weighted by molar-refractivity contribution is 5.90. The first-order valence-corrected chi connectivity index (χ1v) is 4.34. The third-order valence-electron chi connectivity index (χ3n) is 2.47. The van der Waals surface area contributed by atoms with Crippen LogP contribution in [0.25, 0.3) is 0 Å². The third-order valence-corrected chi connectivity index (χ3v) is 2.47. The Labute approximate surface area is 72.0 Å². The van der Waals surface area contributed by atoms with E-state index in [1.807, 2.05) is 6.20 Å². The van der Waals surface area contributed by atoms with Crippen molar-refractivity contribution in [3.05, 3.63) is 12.3 Å². The van der Waals surface area contributed by atoms with Gasteiger partial charge in [0.05, 0.1) is 6.10 Å². The summed E-state index contributed by atoms with van der Waals surface area (Å²) in [6, 6.07) is 0.381. The number of fused-ring (bicyclic) bond motifs is 1. The number of nitrogens with zero attached hydrogens (tertiary/aromatic N) is 1. The third kappa shape index (κ3) is 1.37. The number of allylic oxidation sites excluding steroid dienone is 1. The van der Waals surface area contributed by atoms with Gasteiger partial charge in [-0.1, -0.05) is 0 Å². The largest absolute Gasteiger partial charge is 0.358 e. The maximum atomic E-state index is 11.1. The standard InChI is InChI=1S/C9H13NO2/c1-7-4-8-5-9(11)2-3-10(8)6-12-7/h2-3,7-8H,4-6H2,1H3/t7-,8-/m0/s1. The second kappa shape index (κ2) is 2.90. The average molecular weight is 167 g/mol. The highest BCUT2D eigenvalue weighted by Gasteiger charge is 2.28. The first kappa shape index (κ1) is 7.80. The fraction of sp³-hybridized carbons (Fsp3) is 0.667. The van der Waals surface area contributed by atoms with Crippen LogP contribution in [-0.4, -0.2) is 29.6 Å². The molecule has 2 heterocycles. The molecule has 3 nitrogen and oxygen atoms in total. The van der Waals surface area contributed by atoms with Gasteiger partial charge in [-0.2, -0.15) is 0 Å². The second-order valence-corrected chi connectivity index (χ2v) is 3.50. The Hall–Kier alpha value is -0.830. The minimum Gasteiger partial charge on any atom is -0.358 e. The Morgan fingerprint density at radius 3 is 3.33 bits per heavy atom. The monoisotopic (exact) mass is 167 g/mol. The summed E-state index contributed by atoms with van der Waals surface area (Å²) in [6.07, 6.45) is 5.41. The lowest BCUT2D eigenvalue weighted by atomic mass is 9.99. The van der Waals surface area contributed by atoms with Gasteiger partial charge in [-0.05, 0) is 19.4 Å². The van der Waals surface area contributed by atoms with E-state index >= 15 is 0 Å². The van der Waals surface area contributed by atoms with Crippen molar-refractivity contribution in [2.24, 2.45) is 0 Å². The molecule has 2 rings (SSSR count). The number of ketones is 1. The van der Waals surface area contributed by atoms with Crippen LogP contribution in [0.1, 0.15) is 19.8 Å². The van der Waals surface area contributed by atoms with Gasteiger partial charge in [0.25, 0.3) is 0 Å². The van der Waals surface area contributed by atoms with Crippen LogP contribution in [0.4, 0.5) is 0 Å². The molecule has 0 aliphatic carbocycles. The molecule has 0 aromatic rings. The van der Waals surface area contributed by atoms with Crippen LogP contribution in [0.15, 0.2) is 12.3 Å². The summed E-state index contributed by atoms with van der Waals surface area (Å²) in [6.45, 7) is 2.69. The van der Waals surface area contributed by atoms with Gasteiger partial charge in [-0.15, -0.1) is 0 Å². The van der Waals surface area contributed by atoms with Gasteiger partial charge in [0.15, 0.2) is 5.78 Å². The second-order valence-electron chi connectivity index (χ2n) is 3.50. The zero-order chi connectivity index (χ0) is 8.55. The molecular formula is C9H13NO2. The van der Waals surface area contributed by atoms with Gasteiger partial charge >= 0.3 is 0 Å². The Kier molecular flexibility index (Phi) is 1.89. The molecule has 0 radical (unpaired) electrons. The van der Waals surface area contributed by atoms with Crippen molar-refractivity contribution in [3.8, 4) is 0 Å². The average Bonchev–Trinajstić information content (AvgIpc) is 2.03. The molecule has 1 saturated heterocycles. The number of ether oxygens (including phenoxy) is 1. The maximum Gasteiger partial charge on any atom is 0.159 e. The van der Waals surface area contributed by atoms with Gasteiger partial charge in [-0.3, -0.25) is 4.79 Å². The Morgan fingerprint density at radius 1 is 1.67 bits per heavy atom. The van der Waals surface area contributed by atoms with E-state index in [4.69, 9.17) is 4.74 Å². The molecule has 0 saturated carbocycles. The number of rotatable bonds is 0. The summed E-state index contributed by atoms with van der Waals surface area (Å²) in [5.74, 6) is 0.241. The topological polar surface area (TPSA) is 29.5 Å². The van der Waals surface area contributed by atoms with E-state index in [2.05, 4.69) is 11.8 Å². The molecular weight excluding hydrogens is 154 g/mol. The molecule has 2 atom stereocenters. The fourth-order valence-electron chi connectivity index (χ4n) is 1.75. The minimum atomic E-state index is 0.241. The number of hydrogen-bond acceptors (Lipinski definition) is 3. The van der Waals surface area contributed by atoms with Crippen LogP contribution < -0.4 is 0 Å². The summed E-state index contributed by atoms with van der Waals surface area (Å²) < 4.78 is 5.45. The van der Waals surface area contributed by atoms with Crippen molar-refractivity contribution in [1.29, 1.82) is 0 Å². The van der Waals surface area contributed by atoms with Crippen molar-refractivity contribution in [3.63, 3.8) is 0 Å². The van der Waals surface area contributed by atoms with Crippen LogP contribution in [0, 0.1) is 0 Å². The van der Waals surface area contributed by atoms with Gasteiger partial charge in [0, 0.05) is 18.7 Å². The van der Waals surface area contributed by atoms with Crippen LogP contribution in [-0.2, 0) is 9.53 Å². The van der Waals surface area contributed by atoms with Gasteiger partial charge in [0.2, 0.25) is 0 Å². The molecule has 0 amide bonds. The Bertz CT molecular complexity index is 225. The molecule has 0 unspecified atom stereocenters. The van der Waals surface area contributed by atoms with Crippen molar-refractivity contribution in [1.82, 2.24) is 4.90 Å². The molecule has 3 heteroatoms. The Morgan fingerprint density at radius 2 is 2.50 bits per heavy atom. The summed E-state index contributed by atoms with van der Waals surface area (Å²) >= 11 is 0. The zero-order valence-electron chi connectivity index (χ0n) is 7.19. The lowest BCUT2D eigenvalue weighted by molar-refractivity contribution is -0.121. The SMILES string of the molecule is C[C@H]1C[C@H]2CC(=O)C=CN2CO1. The van der Waals surface area contributed by atoms with Crippen molar-refractivity contribution in [2.45, 2.75) is 31.9 Å². The molecule has 12 heavy (non-hydrogen) atoms. The minimum absolute atomic E-state index is 0.241. The van der Waals surface area contributed by atoms with Crippen molar-refractivity contribution < 1.29 is 9.53 Å². The molecule has 2 aliphatic heterocycles. The predicted molar refractivity (Wildman–Crippen MR) is 44.4 cm³/mol. The lowest BCUT2D eigenvalue weighted by Gasteiger charge is -2.39. The van der Waals surface area contributed by atoms with E-state index in [1.54, 1.807) is 6.08 Å². The lowest BCUT2D eigenvalue weighted by Crippen LogP contribution is -2.44. The molecule has 2 aliphatic rings. The number of carbonyl (C=O) groups excluding carboxylic acids is 1. The van der Waals surface area contributed by atoms with Crippen LogP contribution in [0.3, 0.4) is 0 Å². The first-order chi connectivity index (χ1) is 5.75. The molecule has 0 N–H and O–H groups in total. The number of hydrogen-bond donors (Lipinski definition) is 0. The van der Waals surface area contributed by atoms with Crippen molar-refractivity contribution >= 4 is 5.78 Å². The fourth-order valence-corrected chi connectivity index (χ4v) is 1.75. The van der Waals surface area contributed by atoms with Gasteiger partial charge < -0.3 is 9.64 Å². The first-order valence-electron chi connectivity index (χ1n) is 4.34. The van der Waals surface area contributed by atoms with Crippen LogP contribution >= 0.6 is 0 Å². The Balaban J connectivity index is 2.09. The van der Waals surface area contributed by atoms with Gasteiger partial charge in [-0.25, -0.2) is 0 Å². The molecule has 1 fully saturated rings. The number of carbonyl (C=O) groups is 1. The van der Waals surface area contributed by atoms with E-state index < -0.39 is 0 Å². The zero-order valence-corrected chi connectivity index (χ0v) is 7.19. The summed E-state index contributed by atoms with van der Waals surface area (Å²) in [5, 5.41) is 0. The molecule has 0 aromatic heterocycles. The molecule has 0 aromatic carbocycles. The van der Waals surface area contributed by atoms with E-state index in [1.165, 1.54) is 0 Å². The van der Waals surface area contributed by atoms with Crippen LogP contribution in [0.5, 0.6) is 0 Å². The summed E-state index contributed by atoms with van der Waals surface area (Å²) in [4.78, 5) is 13.2. The van der Waals surface area contributed by atoms with Crippen molar-refractivity contribution in [2.75, 3.05) is 6.73 Å². The van der Waals surface area contributed by atoms with E-state index in [0.29, 0.717) is 25.3 Å². The van der Waals surface area contributed by atoms with E-state index in [9.17, 15) is 4.79 Å². The summed E-state index contributed by atoms with van der Waals surface area (Å²) in [7, 11) is 0. The van der Waals surface area contributed by atoms with E-state index in [-0.39, 0.29) is 5.78 Å².